The van der Waals surface area contributed by atoms with Gasteiger partial charge in [0.25, 0.3) is 0 Å². The van der Waals surface area contributed by atoms with Crippen molar-refractivity contribution in [3.8, 4) is 0 Å². The van der Waals surface area contributed by atoms with Gasteiger partial charge in [0.1, 0.15) is 0 Å². The molecule has 7 nitrogen and oxygen atoms in total. The zero-order chi connectivity index (χ0) is 21.0. The number of hydrogen-bond donors (Lipinski definition) is 0. The number of aromatic nitrogens is 1. The fraction of sp³-hybridized carbons (Fsp3) is 0.524. The van der Waals surface area contributed by atoms with Crippen molar-refractivity contribution >= 4 is 32.4 Å². The minimum absolute atomic E-state index is 0.152. The van der Waals surface area contributed by atoms with Crippen molar-refractivity contribution in [2.75, 3.05) is 44.2 Å². The summed E-state index contributed by atoms with van der Waals surface area (Å²) in [4.78, 5) is 21.4. The molecule has 162 valence electrons. The number of carbonyl (C=O) groups excluding carboxylic acids is 1. The predicted molar refractivity (Wildman–Crippen MR) is 118 cm³/mol. The summed E-state index contributed by atoms with van der Waals surface area (Å²) in [6.07, 6.45) is 5.82. The maximum Gasteiger partial charge on any atom is 0.243 e. The van der Waals surface area contributed by atoms with Gasteiger partial charge < -0.3 is 9.80 Å². The highest BCUT2D eigenvalue weighted by Gasteiger charge is 2.26. The van der Waals surface area contributed by atoms with E-state index in [-0.39, 0.29) is 5.91 Å². The predicted octanol–water partition coefficient (Wildman–Crippen LogP) is 2.60. The van der Waals surface area contributed by atoms with Crippen LogP contribution in [0.1, 0.15) is 31.2 Å². The van der Waals surface area contributed by atoms with Crippen molar-refractivity contribution in [3.05, 3.63) is 41.4 Å². The number of piperazine rings is 1. The average Bonchev–Trinajstić information content (AvgIpc) is 3.33. The van der Waals surface area contributed by atoms with Gasteiger partial charge in [0.2, 0.25) is 15.9 Å². The molecule has 0 spiro atoms. The Morgan fingerprint density at radius 3 is 2.30 bits per heavy atom. The fourth-order valence-electron chi connectivity index (χ4n) is 4.01. The Hall–Kier alpha value is -1.97. The van der Waals surface area contributed by atoms with Gasteiger partial charge in [-0.2, -0.15) is 4.31 Å². The highest BCUT2D eigenvalue weighted by atomic mass is 32.2. The number of carbonyl (C=O) groups is 1. The van der Waals surface area contributed by atoms with Crippen LogP contribution in [-0.2, 0) is 21.2 Å². The molecule has 1 aromatic heterocycles. The van der Waals surface area contributed by atoms with E-state index >= 15 is 0 Å². The molecule has 0 bridgehead atoms. The second-order valence-corrected chi connectivity index (χ2v) is 10.6. The highest BCUT2D eigenvalue weighted by Crippen LogP contribution is 2.22. The number of nitrogens with zero attached hydrogens (tertiary/aromatic N) is 4. The highest BCUT2D eigenvalue weighted by molar-refractivity contribution is 7.89. The maximum absolute atomic E-state index is 12.7. The Morgan fingerprint density at radius 2 is 1.67 bits per heavy atom. The standard InChI is InChI=1S/C21H28N4O3S2/c26-20(23-13-15-24(16-14-23)21-22-10-17-29-21)9-6-18-4-7-19(8-5-18)30(27,28)25-11-2-1-3-12-25/h4-5,7-8,10,17H,1-3,6,9,11-16H2. The van der Waals surface area contributed by atoms with Gasteiger partial charge in [-0.15, -0.1) is 11.3 Å². The van der Waals surface area contributed by atoms with Crippen molar-refractivity contribution in [1.82, 2.24) is 14.2 Å². The van der Waals surface area contributed by atoms with Crippen molar-refractivity contribution in [2.24, 2.45) is 0 Å². The van der Waals surface area contributed by atoms with Crippen LogP contribution in [0.4, 0.5) is 5.13 Å². The SMILES string of the molecule is O=C(CCc1ccc(S(=O)(=O)N2CCCCC2)cc1)N1CCN(c2nccs2)CC1. The average molecular weight is 449 g/mol. The molecule has 2 saturated heterocycles. The Morgan fingerprint density at radius 1 is 0.967 bits per heavy atom. The maximum atomic E-state index is 12.7. The van der Waals surface area contributed by atoms with Crippen LogP contribution < -0.4 is 4.90 Å². The molecule has 0 N–H and O–H groups in total. The van der Waals surface area contributed by atoms with E-state index in [1.54, 1.807) is 34.0 Å². The van der Waals surface area contributed by atoms with Gasteiger partial charge in [-0.05, 0) is 37.0 Å². The summed E-state index contributed by atoms with van der Waals surface area (Å²) in [5, 5.41) is 2.98. The van der Waals surface area contributed by atoms with Crippen molar-refractivity contribution < 1.29 is 13.2 Å². The number of piperidine rings is 1. The van der Waals surface area contributed by atoms with Crippen molar-refractivity contribution in [2.45, 2.75) is 37.0 Å². The normalized spacial score (nSPS) is 18.5. The Balaban J connectivity index is 1.27. The van der Waals surface area contributed by atoms with E-state index in [0.29, 0.717) is 43.9 Å². The summed E-state index contributed by atoms with van der Waals surface area (Å²) in [6, 6.07) is 7.03. The Labute approximate surface area is 182 Å². The topological polar surface area (TPSA) is 73.8 Å². The van der Waals surface area contributed by atoms with E-state index in [1.165, 1.54) is 0 Å². The smallest absolute Gasteiger partial charge is 0.243 e. The molecule has 0 saturated carbocycles. The molecule has 9 heteroatoms. The molecule has 0 radical (unpaired) electrons. The quantitative estimate of drug-likeness (QED) is 0.679. The van der Waals surface area contributed by atoms with E-state index in [9.17, 15) is 13.2 Å². The lowest BCUT2D eigenvalue weighted by Crippen LogP contribution is -2.48. The molecule has 2 aromatic rings. The third-order valence-corrected chi connectivity index (χ3v) is 8.57. The molecule has 30 heavy (non-hydrogen) atoms. The first kappa shape index (κ1) is 21.3. The molecule has 0 unspecified atom stereocenters. The van der Waals surface area contributed by atoms with Crippen LogP contribution in [0.5, 0.6) is 0 Å². The van der Waals surface area contributed by atoms with Crippen LogP contribution in [0, 0.1) is 0 Å². The summed E-state index contributed by atoms with van der Waals surface area (Å²) in [7, 11) is -3.40. The van der Waals surface area contributed by atoms with Crippen molar-refractivity contribution in [3.63, 3.8) is 0 Å². The number of benzene rings is 1. The van der Waals surface area contributed by atoms with E-state index in [0.717, 1.165) is 43.0 Å². The van der Waals surface area contributed by atoms with Crippen LogP contribution in [0.3, 0.4) is 0 Å². The first-order valence-electron chi connectivity index (χ1n) is 10.6. The summed E-state index contributed by atoms with van der Waals surface area (Å²) >= 11 is 1.62. The number of anilines is 1. The third kappa shape index (κ3) is 4.84. The molecular weight excluding hydrogens is 420 g/mol. The lowest BCUT2D eigenvalue weighted by atomic mass is 10.1. The fourth-order valence-corrected chi connectivity index (χ4v) is 6.22. The zero-order valence-electron chi connectivity index (χ0n) is 17.1. The summed E-state index contributed by atoms with van der Waals surface area (Å²) in [6.45, 7) is 4.25. The lowest BCUT2D eigenvalue weighted by molar-refractivity contribution is -0.131. The zero-order valence-corrected chi connectivity index (χ0v) is 18.7. The summed E-state index contributed by atoms with van der Waals surface area (Å²) in [5.74, 6) is 0.152. The number of hydrogen-bond acceptors (Lipinski definition) is 6. The summed E-state index contributed by atoms with van der Waals surface area (Å²) in [5.41, 5.74) is 0.988. The number of amides is 1. The molecule has 3 heterocycles. The molecule has 0 atom stereocenters. The Bertz CT molecular complexity index is 931. The number of thiazole rings is 1. The first-order valence-corrected chi connectivity index (χ1v) is 12.9. The Kier molecular flexibility index (Phi) is 6.70. The largest absolute Gasteiger partial charge is 0.345 e. The minimum Gasteiger partial charge on any atom is -0.345 e. The molecule has 2 fully saturated rings. The molecular formula is C21H28N4O3S2. The first-order chi connectivity index (χ1) is 14.5. The summed E-state index contributed by atoms with van der Waals surface area (Å²) < 4.78 is 27.1. The van der Waals surface area contributed by atoms with Crippen LogP contribution >= 0.6 is 11.3 Å². The van der Waals surface area contributed by atoms with Crippen LogP contribution in [-0.4, -0.2) is 67.8 Å². The van der Waals surface area contributed by atoms with Crippen LogP contribution in [0.2, 0.25) is 0 Å². The van der Waals surface area contributed by atoms with E-state index < -0.39 is 10.0 Å². The second-order valence-electron chi connectivity index (χ2n) is 7.79. The van der Waals surface area contributed by atoms with E-state index in [2.05, 4.69) is 9.88 Å². The molecule has 0 aliphatic carbocycles. The number of sulfonamides is 1. The van der Waals surface area contributed by atoms with Gasteiger partial charge in [-0.3, -0.25) is 4.79 Å². The molecule has 2 aliphatic rings. The van der Waals surface area contributed by atoms with Gasteiger partial charge in [-0.1, -0.05) is 18.6 Å². The van der Waals surface area contributed by atoms with Gasteiger partial charge in [0, 0.05) is 57.3 Å². The third-order valence-electron chi connectivity index (χ3n) is 5.83. The molecule has 1 aromatic carbocycles. The van der Waals surface area contributed by atoms with Crippen LogP contribution in [0.25, 0.3) is 0 Å². The molecule has 2 aliphatic heterocycles. The number of rotatable bonds is 6. The van der Waals surface area contributed by atoms with Gasteiger partial charge in [0.15, 0.2) is 5.13 Å². The number of aryl methyl sites for hydroxylation is 1. The molecule has 1 amide bonds. The van der Waals surface area contributed by atoms with Crippen molar-refractivity contribution in [1.29, 1.82) is 0 Å². The molecule has 4 rings (SSSR count). The monoisotopic (exact) mass is 448 g/mol. The minimum atomic E-state index is -3.40. The second kappa shape index (κ2) is 9.45. The van der Waals surface area contributed by atoms with Gasteiger partial charge in [-0.25, -0.2) is 13.4 Å². The van der Waals surface area contributed by atoms with E-state index in [1.807, 2.05) is 22.4 Å². The van der Waals surface area contributed by atoms with Crippen LogP contribution in [0.15, 0.2) is 40.7 Å². The lowest BCUT2D eigenvalue weighted by Gasteiger charge is -2.34. The van der Waals surface area contributed by atoms with Gasteiger partial charge in [0.05, 0.1) is 4.90 Å². The van der Waals surface area contributed by atoms with E-state index in [4.69, 9.17) is 0 Å². The van der Waals surface area contributed by atoms with Gasteiger partial charge >= 0.3 is 0 Å².